The molecule has 28 heavy (non-hydrogen) atoms. The van der Waals surface area contributed by atoms with Gasteiger partial charge in [-0.1, -0.05) is 12.1 Å². The number of rotatable bonds is 5. The number of benzene rings is 1. The van der Waals surface area contributed by atoms with E-state index < -0.39 is 6.10 Å². The van der Waals surface area contributed by atoms with Crippen molar-refractivity contribution in [2.75, 3.05) is 13.6 Å². The summed E-state index contributed by atoms with van der Waals surface area (Å²) in [5.41, 5.74) is 3.01. The predicted molar refractivity (Wildman–Crippen MR) is 120 cm³/mol. The van der Waals surface area contributed by atoms with Crippen LogP contribution in [0.2, 0.25) is 0 Å². The monoisotopic (exact) mass is 501 g/mol. The van der Waals surface area contributed by atoms with Crippen molar-refractivity contribution in [2.24, 2.45) is 4.99 Å². The van der Waals surface area contributed by atoms with Crippen molar-refractivity contribution < 1.29 is 9.50 Å². The SMILES string of the molecule is CN=C(NCC(O)c1cccc(F)c1)NC1CCc2cn(C(C)C)nc2C1.I. The van der Waals surface area contributed by atoms with E-state index >= 15 is 0 Å². The first-order valence-electron chi connectivity index (χ1n) is 9.44. The maximum atomic E-state index is 13.3. The number of fused-ring (bicyclic) bond motifs is 1. The van der Waals surface area contributed by atoms with Gasteiger partial charge >= 0.3 is 0 Å². The number of aryl methyl sites for hydroxylation is 1. The zero-order valence-corrected chi connectivity index (χ0v) is 18.9. The fourth-order valence-corrected chi connectivity index (χ4v) is 3.31. The summed E-state index contributed by atoms with van der Waals surface area (Å²) in [5.74, 6) is 0.273. The fourth-order valence-electron chi connectivity index (χ4n) is 3.31. The lowest BCUT2D eigenvalue weighted by Gasteiger charge is -2.25. The molecule has 1 aliphatic carbocycles. The van der Waals surface area contributed by atoms with Crippen molar-refractivity contribution >= 4 is 29.9 Å². The molecule has 1 aromatic heterocycles. The normalized spacial score (nSPS) is 17.6. The number of aromatic nitrogens is 2. The second-order valence-corrected chi connectivity index (χ2v) is 7.28. The summed E-state index contributed by atoms with van der Waals surface area (Å²) in [5, 5.41) is 21.5. The van der Waals surface area contributed by atoms with Crippen molar-refractivity contribution in [3.63, 3.8) is 0 Å². The summed E-state index contributed by atoms with van der Waals surface area (Å²) < 4.78 is 15.3. The predicted octanol–water partition coefficient (Wildman–Crippen LogP) is 2.98. The number of halogens is 2. The zero-order chi connectivity index (χ0) is 19.4. The molecule has 3 N–H and O–H groups in total. The van der Waals surface area contributed by atoms with Gasteiger partial charge < -0.3 is 15.7 Å². The average Bonchev–Trinajstić information content (AvgIpc) is 3.08. The number of hydrogen-bond acceptors (Lipinski definition) is 3. The maximum Gasteiger partial charge on any atom is 0.191 e. The maximum absolute atomic E-state index is 13.3. The third-order valence-corrected chi connectivity index (χ3v) is 4.89. The van der Waals surface area contributed by atoms with Gasteiger partial charge in [-0.25, -0.2) is 4.39 Å². The number of nitrogens with zero attached hydrogens (tertiary/aromatic N) is 3. The lowest BCUT2D eigenvalue weighted by atomic mass is 9.94. The highest BCUT2D eigenvalue weighted by Gasteiger charge is 2.23. The van der Waals surface area contributed by atoms with E-state index in [-0.39, 0.29) is 42.4 Å². The molecule has 3 rings (SSSR count). The van der Waals surface area contributed by atoms with E-state index in [0.717, 1.165) is 25.0 Å². The van der Waals surface area contributed by atoms with Crippen molar-refractivity contribution in [3.8, 4) is 0 Å². The molecule has 0 saturated carbocycles. The van der Waals surface area contributed by atoms with E-state index in [4.69, 9.17) is 5.10 Å². The molecule has 8 heteroatoms. The minimum atomic E-state index is -0.807. The number of hydrogen-bond donors (Lipinski definition) is 3. The van der Waals surface area contributed by atoms with Gasteiger partial charge in [0, 0.05) is 38.3 Å². The molecular weight excluding hydrogens is 472 g/mol. The van der Waals surface area contributed by atoms with Gasteiger partial charge in [0.25, 0.3) is 0 Å². The van der Waals surface area contributed by atoms with E-state index in [9.17, 15) is 9.50 Å². The Bertz CT molecular complexity index is 808. The third kappa shape index (κ3) is 5.66. The molecule has 1 heterocycles. The number of aliphatic hydroxyl groups excluding tert-OH is 1. The number of guanidine groups is 1. The Kier molecular flexibility index (Phi) is 8.23. The van der Waals surface area contributed by atoms with Crippen LogP contribution in [-0.2, 0) is 12.8 Å². The second-order valence-electron chi connectivity index (χ2n) is 7.28. The second kappa shape index (κ2) is 10.2. The molecule has 1 aromatic carbocycles. The Balaban J connectivity index is 0.00000280. The summed E-state index contributed by atoms with van der Waals surface area (Å²) in [6.45, 7) is 4.51. The van der Waals surface area contributed by atoms with Gasteiger partial charge in [-0.05, 0) is 49.9 Å². The molecule has 0 bridgehead atoms. The summed E-state index contributed by atoms with van der Waals surface area (Å²) in [7, 11) is 1.70. The highest BCUT2D eigenvalue weighted by atomic mass is 127. The third-order valence-electron chi connectivity index (χ3n) is 4.89. The van der Waals surface area contributed by atoms with Gasteiger partial charge in [0.2, 0.25) is 0 Å². The standard InChI is InChI=1S/C20H28FN5O.HI/c1-13(2)26-12-15-7-8-17(10-18(15)25-26)24-20(22-3)23-11-19(27)14-5-4-6-16(21)9-14;/h4-6,9,12-13,17,19,27H,7-8,10-11H2,1-3H3,(H2,22,23,24);1H. The Morgan fingerprint density at radius 1 is 1.43 bits per heavy atom. The molecule has 1 aliphatic rings. The first-order valence-corrected chi connectivity index (χ1v) is 9.44. The number of aliphatic imine (C=N–C) groups is 1. The summed E-state index contributed by atoms with van der Waals surface area (Å²) in [6, 6.07) is 6.61. The molecule has 2 atom stereocenters. The van der Waals surface area contributed by atoms with Crippen molar-refractivity contribution in [1.82, 2.24) is 20.4 Å². The van der Waals surface area contributed by atoms with Crippen LogP contribution in [0, 0.1) is 5.82 Å². The van der Waals surface area contributed by atoms with Crippen molar-refractivity contribution in [3.05, 3.63) is 53.1 Å². The van der Waals surface area contributed by atoms with Gasteiger partial charge in [-0.2, -0.15) is 5.10 Å². The van der Waals surface area contributed by atoms with Crippen LogP contribution in [0.5, 0.6) is 0 Å². The molecule has 2 unspecified atom stereocenters. The van der Waals surface area contributed by atoms with Crippen LogP contribution < -0.4 is 10.6 Å². The first-order chi connectivity index (χ1) is 13.0. The van der Waals surface area contributed by atoms with E-state index in [0.29, 0.717) is 17.6 Å². The smallest absolute Gasteiger partial charge is 0.191 e. The zero-order valence-electron chi connectivity index (χ0n) is 16.5. The van der Waals surface area contributed by atoms with Gasteiger partial charge in [-0.3, -0.25) is 9.67 Å². The fraction of sp³-hybridized carbons (Fsp3) is 0.500. The molecule has 0 aliphatic heterocycles. The molecule has 0 amide bonds. The van der Waals surface area contributed by atoms with Crippen LogP contribution in [0.3, 0.4) is 0 Å². The van der Waals surface area contributed by atoms with Crippen molar-refractivity contribution in [1.29, 1.82) is 0 Å². The van der Waals surface area contributed by atoms with E-state index in [1.54, 1.807) is 19.2 Å². The van der Waals surface area contributed by atoms with Crippen molar-refractivity contribution in [2.45, 2.75) is 51.3 Å². The molecule has 0 spiro atoms. The van der Waals surface area contributed by atoms with Crippen LogP contribution in [0.1, 0.15) is 49.2 Å². The number of aliphatic hydroxyl groups is 1. The largest absolute Gasteiger partial charge is 0.387 e. The Morgan fingerprint density at radius 3 is 2.89 bits per heavy atom. The highest BCUT2D eigenvalue weighted by Crippen LogP contribution is 2.21. The first kappa shape index (κ1) is 22.6. The molecule has 2 aromatic rings. The summed E-state index contributed by atoms with van der Waals surface area (Å²) in [6.07, 6.45) is 4.19. The molecule has 154 valence electrons. The summed E-state index contributed by atoms with van der Waals surface area (Å²) in [4.78, 5) is 4.24. The Labute approximate surface area is 182 Å². The molecular formula is C20H29FIN5O. The van der Waals surface area contributed by atoms with Crippen LogP contribution in [-0.4, -0.2) is 40.5 Å². The lowest BCUT2D eigenvalue weighted by Crippen LogP contribution is -2.46. The highest BCUT2D eigenvalue weighted by molar-refractivity contribution is 14.0. The van der Waals surface area contributed by atoms with Gasteiger partial charge in [-0.15, -0.1) is 24.0 Å². The van der Waals surface area contributed by atoms with Crippen LogP contribution >= 0.6 is 24.0 Å². The van der Waals surface area contributed by atoms with Gasteiger partial charge in [0.05, 0.1) is 11.8 Å². The van der Waals surface area contributed by atoms with E-state index in [1.807, 2.05) is 4.68 Å². The van der Waals surface area contributed by atoms with E-state index in [1.165, 1.54) is 17.7 Å². The molecule has 0 fully saturated rings. The quantitative estimate of drug-likeness (QED) is 0.335. The lowest BCUT2D eigenvalue weighted by molar-refractivity contribution is 0.180. The topological polar surface area (TPSA) is 74.5 Å². The van der Waals surface area contributed by atoms with E-state index in [2.05, 4.69) is 35.7 Å². The number of nitrogens with one attached hydrogen (secondary N) is 2. The average molecular weight is 501 g/mol. The van der Waals surface area contributed by atoms with Crippen LogP contribution in [0.15, 0.2) is 35.5 Å². The van der Waals surface area contributed by atoms with Gasteiger partial charge in [0.1, 0.15) is 5.82 Å². The Hall–Kier alpha value is -1.68. The molecule has 0 saturated heterocycles. The minimum absolute atomic E-state index is 0. The summed E-state index contributed by atoms with van der Waals surface area (Å²) >= 11 is 0. The molecule has 6 nitrogen and oxygen atoms in total. The van der Waals surface area contributed by atoms with Gasteiger partial charge in [0.15, 0.2) is 5.96 Å². The van der Waals surface area contributed by atoms with Crippen LogP contribution in [0.25, 0.3) is 0 Å². The molecule has 0 radical (unpaired) electrons. The van der Waals surface area contributed by atoms with Crippen LogP contribution in [0.4, 0.5) is 4.39 Å². The Morgan fingerprint density at radius 2 is 2.21 bits per heavy atom. The minimum Gasteiger partial charge on any atom is -0.387 e.